The Morgan fingerprint density at radius 2 is 2.06 bits per heavy atom. The van der Waals surface area contributed by atoms with E-state index >= 15 is 0 Å². The maximum Gasteiger partial charge on any atom is 0.339 e. The van der Waals surface area contributed by atoms with E-state index in [9.17, 15) is 14.9 Å². The van der Waals surface area contributed by atoms with Gasteiger partial charge in [0, 0.05) is 38.6 Å². The van der Waals surface area contributed by atoms with E-state index in [1.807, 2.05) is 19.9 Å². The maximum absolute atomic E-state index is 13.2. The molecule has 0 N–H and O–H groups in total. The molecule has 0 amide bonds. The fourth-order valence-corrected chi connectivity index (χ4v) is 4.93. The average molecular weight is 481 g/mol. The van der Waals surface area contributed by atoms with Crippen LogP contribution in [-0.4, -0.2) is 27.8 Å². The van der Waals surface area contributed by atoms with Crippen LogP contribution in [0.5, 0.6) is 5.75 Å². The van der Waals surface area contributed by atoms with E-state index < -0.39 is 10.9 Å². The monoisotopic (exact) mass is 481 g/mol. The van der Waals surface area contributed by atoms with E-state index in [0.717, 1.165) is 15.3 Å². The van der Waals surface area contributed by atoms with Gasteiger partial charge in [0.1, 0.15) is 12.4 Å². The van der Waals surface area contributed by atoms with Crippen LogP contribution in [0.4, 0.5) is 5.69 Å². The van der Waals surface area contributed by atoms with Gasteiger partial charge in [-0.1, -0.05) is 5.16 Å². The van der Waals surface area contributed by atoms with Gasteiger partial charge in [0.2, 0.25) is 0 Å². The molecule has 0 fully saturated rings. The van der Waals surface area contributed by atoms with Crippen LogP contribution in [0.3, 0.4) is 0 Å². The first kappa shape index (κ1) is 22.0. The molecule has 1 aromatic carbocycles. The number of nitro benzene ring substituents is 1. The summed E-state index contributed by atoms with van der Waals surface area (Å²) < 4.78 is 21.7. The third kappa shape index (κ3) is 3.88. The molecule has 0 saturated carbocycles. The molecule has 0 unspecified atom stereocenters. The number of fused-ring (bicyclic) bond motifs is 2. The number of pyridine rings is 1. The molecule has 0 aliphatic carbocycles. The molecule has 1 aliphatic heterocycles. The lowest BCUT2D eigenvalue weighted by Gasteiger charge is -2.20. The van der Waals surface area contributed by atoms with E-state index in [1.165, 1.54) is 12.1 Å². The molecule has 3 aromatic heterocycles. The third-order valence-electron chi connectivity index (χ3n) is 5.50. The number of rotatable bonds is 5. The summed E-state index contributed by atoms with van der Waals surface area (Å²) in [5.74, 6) is -0.201. The van der Waals surface area contributed by atoms with Gasteiger partial charge in [-0.2, -0.15) is 0 Å². The number of carbonyl (C=O) groups excluding carboxylic acids is 1. The highest BCUT2D eigenvalue weighted by Gasteiger charge is 2.24. The molecule has 4 aromatic rings. The molecule has 11 heteroatoms. The zero-order valence-electron chi connectivity index (χ0n) is 18.5. The zero-order valence-corrected chi connectivity index (χ0v) is 19.4. The first-order valence-corrected chi connectivity index (χ1v) is 11.2. The highest BCUT2D eigenvalue weighted by Crippen LogP contribution is 2.35. The van der Waals surface area contributed by atoms with Crippen molar-refractivity contribution >= 4 is 34.1 Å². The Balaban J connectivity index is 1.51. The minimum Gasteiger partial charge on any atom is -0.467 e. The van der Waals surface area contributed by atoms with Crippen LogP contribution in [-0.2, 0) is 22.7 Å². The second kappa shape index (κ2) is 8.50. The van der Waals surface area contributed by atoms with Crippen molar-refractivity contribution in [3.05, 3.63) is 66.5 Å². The third-order valence-corrected chi connectivity index (χ3v) is 6.46. The smallest absolute Gasteiger partial charge is 0.339 e. The van der Waals surface area contributed by atoms with Crippen LogP contribution in [0, 0.1) is 30.9 Å². The number of hydrogen-bond acceptors (Lipinski definition) is 10. The molecule has 0 atom stereocenters. The minimum absolute atomic E-state index is 0.0133. The molecular formula is C23H19N3O7S. The second-order valence-corrected chi connectivity index (χ2v) is 9.33. The number of aromatic nitrogens is 2. The molecule has 5 rings (SSSR count). The molecule has 174 valence electrons. The number of esters is 1. The Labute approximate surface area is 197 Å². The van der Waals surface area contributed by atoms with E-state index in [-0.39, 0.29) is 37.0 Å². The fourth-order valence-electron chi connectivity index (χ4n) is 3.99. The van der Waals surface area contributed by atoms with Gasteiger partial charge in [0.25, 0.3) is 11.4 Å². The predicted octanol–water partition coefficient (Wildman–Crippen LogP) is 5.01. The second-order valence-electron chi connectivity index (χ2n) is 7.87. The standard InChI is InChI=1S/C23H19N3O7S/c1-11-4-17(13(3)34-11)19-7-18(20-12(2)25-33-22(20)24-19)23(27)31-9-15-6-16(26(28)29)5-14-8-30-10-32-21(14)15/h4-7H,8-10H2,1-3H3. The molecule has 4 heterocycles. The number of non-ortho nitro benzene ring substituents is 1. The largest absolute Gasteiger partial charge is 0.467 e. The van der Waals surface area contributed by atoms with Crippen LogP contribution < -0.4 is 4.74 Å². The maximum atomic E-state index is 13.2. The lowest BCUT2D eigenvalue weighted by molar-refractivity contribution is -0.385. The van der Waals surface area contributed by atoms with Gasteiger partial charge in [-0.3, -0.25) is 10.1 Å². The van der Waals surface area contributed by atoms with Crippen molar-refractivity contribution in [2.45, 2.75) is 34.0 Å². The molecule has 0 radical (unpaired) electrons. The summed E-state index contributed by atoms with van der Waals surface area (Å²) in [6.07, 6.45) is 0. The van der Waals surface area contributed by atoms with Crippen LogP contribution >= 0.6 is 11.3 Å². The van der Waals surface area contributed by atoms with Gasteiger partial charge in [-0.05, 0) is 32.9 Å². The van der Waals surface area contributed by atoms with Crippen molar-refractivity contribution in [1.29, 1.82) is 0 Å². The Morgan fingerprint density at radius 3 is 2.79 bits per heavy atom. The summed E-state index contributed by atoms with van der Waals surface area (Å²) in [5, 5.41) is 15.8. The summed E-state index contributed by atoms with van der Waals surface area (Å²) in [5.41, 5.74) is 3.25. The molecule has 0 bridgehead atoms. The predicted molar refractivity (Wildman–Crippen MR) is 122 cm³/mol. The first-order valence-electron chi connectivity index (χ1n) is 10.3. The van der Waals surface area contributed by atoms with E-state index in [1.54, 1.807) is 24.3 Å². The lowest BCUT2D eigenvalue weighted by Crippen LogP contribution is -2.15. The van der Waals surface area contributed by atoms with Crippen molar-refractivity contribution < 1.29 is 28.5 Å². The molecular weight excluding hydrogens is 462 g/mol. The van der Waals surface area contributed by atoms with Gasteiger partial charge in [-0.25, -0.2) is 9.78 Å². The van der Waals surface area contributed by atoms with E-state index in [2.05, 4.69) is 10.1 Å². The number of aryl methyl sites for hydroxylation is 3. The Bertz CT molecular complexity index is 1460. The van der Waals surface area contributed by atoms with Gasteiger partial charge in [0.15, 0.2) is 6.79 Å². The first-order chi connectivity index (χ1) is 16.3. The Morgan fingerprint density at radius 1 is 1.24 bits per heavy atom. The van der Waals surface area contributed by atoms with Crippen molar-refractivity contribution in [3.8, 4) is 17.0 Å². The van der Waals surface area contributed by atoms with Crippen molar-refractivity contribution in [3.63, 3.8) is 0 Å². The van der Waals surface area contributed by atoms with Crippen LogP contribution in [0.1, 0.15) is 36.9 Å². The fraction of sp³-hybridized carbons (Fsp3) is 0.261. The zero-order chi connectivity index (χ0) is 24.0. The number of nitrogens with zero attached hydrogens (tertiary/aromatic N) is 3. The summed E-state index contributed by atoms with van der Waals surface area (Å²) >= 11 is 1.63. The number of nitro groups is 1. The van der Waals surface area contributed by atoms with Crippen LogP contribution in [0.15, 0.2) is 28.8 Å². The lowest BCUT2D eigenvalue weighted by atomic mass is 10.1. The normalized spacial score (nSPS) is 12.9. The van der Waals surface area contributed by atoms with Gasteiger partial charge in [-0.15, -0.1) is 11.3 Å². The van der Waals surface area contributed by atoms with Crippen molar-refractivity contribution in [1.82, 2.24) is 10.1 Å². The Hall–Kier alpha value is -3.83. The van der Waals surface area contributed by atoms with Gasteiger partial charge in [0.05, 0.1) is 33.9 Å². The van der Waals surface area contributed by atoms with Gasteiger partial charge >= 0.3 is 5.97 Å². The number of thiophene rings is 1. The molecule has 10 nitrogen and oxygen atoms in total. The van der Waals surface area contributed by atoms with Crippen LogP contribution in [0.2, 0.25) is 0 Å². The molecule has 1 aliphatic rings. The molecule has 34 heavy (non-hydrogen) atoms. The Kier molecular flexibility index (Phi) is 5.50. The number of hydrogen-bond donors (Lipinski definition) is 0. The quantitative estimate of drug-likeness (QED) is 0.220. The molecule has 0 saturated heterocycles. The summed E-state index contributed by atoms with van der Waals surface area (Å²) in [6.45, 7) is 5.67. The topological polar surface area (TPSA) is 127 Å². The average Bonchev–Trinajstić information content (AvgIpc) is 3.37. The van der Waals surface area contributed by atoms with Crippen molar-refractivity contribution in [2.24, 2.45) is 0 Å². The SMILES string of the molecule is Cc1cc(-c2cc(C(=O)OCc3cc([N+](=O)[O-])cc4c3OCOC4)c3c(C)noc3n2)c(C)s1. The number of benzene rings is 1. The van der Waals surface area contributed by atoms with Crippen LogP contribution in [0.25, 0.3) is 22.4 Å². The summed E-state index contributed by atoms with van der Waals surface area (Å²) in [7, 11) is 0. The van der Waals surface area contributed by atoms with E-state index in [0.29, 0.717) is 33.7 Å². The number of ether oxygens (including phenoxy) is 3. The highest BCUT2D eigenvalue weighted by atomic mass is 32.1. The highest BCUT2D eigenvalue weighted by molar-refractivity contribution is 7.12. The summed E-state index contributed by atoms with van der Waals surface area (Å²) in [4.78, 5) is 30.8. The van der Waals surface area contributed by atoms with Crippen molar-refractivity contribution in [2.75, 3.05) is 6.79 Å². The molecule has 0 spiro atoms. The number of carbonyl (C=O) groups is 1. The van der Waals surface area contributed by atoms with E-state index in [4.69, 9.17) is 18.7 Å². The summed E-state index contributed by atoms with van der Waals surface area (Å²) in [6, 6.07) is 6.40. The van der Waals surface area contributed by atoms with Gasteiger partial charge < -0.3 is 18.7 Å². The minimum atomic E-state index is -0.628.